The molecule has 1 aromatic rings. The summed E-state index contributed by atoms with van der Waals surface area (Å²) in [7, 11) is 1.84. The van der Waals surface area contributed by atoms with Crippen LogP contribution in [0.5, 0.6) is 0 Å². The average Bonchev–Trinajstić information content (AvgIpc) is 3.00. The van der Waals surface area contributed by atoms with E-state index in [0.717, 1.165) is 38.1 Å². The van der Waals surface area contributed by atoms with Gasteiger partial charge in [0.2, 0.25) is 17.8 Å². The number of morpholine rings is 1. The Morgan fingerprint density at radius 1 is 1.00 bits per heavy atom. The third-order valence-corrected chi connectivity index (χ3v) is 3.93. The van der Waals surface area contributed by atoms with Gasteiger partial charge in [-0.25, -0.2) is 0 Å². The fraction of sp³-hybridized carbons (Fsp3) is 0.786. The first-order valence-electron chi connectivity index (χ1n) is 7.65. The zero-order valence-corrected chi connectivity index (χ0v) is 13.1. The maximum absolute atomic E-state index is 5.76. The van der Waals surface area contributed by atoms with Crippen LogP contribution >= 0.6 is 0 Å². The molecule has 1 N–H and O–H groups in total. The fourth-order valence-corrected chi connectivity index (χ4v) is 2.85. The van der Waals surface area contributed by atoms with E-state index in [4.69, 9.17) is 4.74 Å². The first-order valence-corrected chi connectivity index (χ1v) is 7.65. The molecule has 3 rings (SSSR count). The Bertz CT molecular complexity index is 500. The van der Waals surface area contributed by atoms with E-state index in [0.29, 0.717) is 12.6 Å². The van der Waals surface area contributed by atoms with Gasteiger partial charge in [0.05, 0.1) is 12.2 Å². The van der Waals surface area contributed by atoms with Crippen molar-refractivity contribution in [2.24, 2.45) is 0 Å². The van der Waals surface area contributed by atoms with Gasteiger partial charge in [0.25, 0.3) is 0 Å². The van der Waals surface area contributed by atoms with E-state index in [1.807, 2.05) is 7.05 Å². The first-order chi connectivity index (χ1) is 10.1. The quantitative estimate of drug-likeness (QED) is 0.895. The lowest BCUT2D eigenvalue weighted by atomic mass is 10.1. The number of anilines is 3. The SMILES string of the molecule is CNc1nc(N2CCCC2)nc(N2CCOC(C)(C)C2)n1. The van der Waals surface area contributed by atoms with Crippen molar-refractivity contribution in [1.82, 2.24) is 15.0 Å². The third kappa shape index (κ3) is 3.18. The lowest BCUT2D eigenvalue weighted by Crippen LogP contribution is -2.49. The molecule has 0 spiro atoms. The normalized spacial score (nSPS) is 21.7. The predicted molar refractivity (Wildman–Crippen MR) is 83.1 cm³/mol. The lowest BCUT2D eigenvalue weighted by molar-refractivity contribution is -0.0281. The number of rotatable bonds is 3. The molecule has 2 fully saturated rings. The summed E-state index contributed by atoms with van der Waals surface area (Å²) in [6.45, 7) is 8.56. The number of nitrogens with one attached hydrogen (secondary N) is 1. The molecule has 116 valence electrons. The van der Waals surface area contributed by atoms with Crippen LogP contribution in [0, 0.1) is 0 Å². The maximum Gasteiger partial charge on any atom is 0.232 e. The molecule has 3 heterocycles. The van der Waals surface area contributed by atoms with Gasteiger partial charge in [-0.1, -0.05) is 0 Å². The van der Waals surface area contributed by atoms with Gasteiger partial charge in [0.1, 0.15) is 0 Å². The second-order valence-corrected chi connectivity index (χ2v) is 6.23. The van der Waals surface area contributed by atoms with Crippen LogP contribution in [0.2, 0.25) is 0 Å². The summed E-state index contributed by atoms with van der Waals surface area (Å²) in [6.07, 6.45) is 2.42. The van der Waals surface area contributed by atoms with E-state index >= 15 is 0 Å². The van der Waals surface area contributed by atoms with Crippen LogP contribution in [0.4, 0.5) is 17.8 Å². The summed E-state index contributed by atoms with van der Waals surface area (Å²) in [4.78, 5) is 18.1. The van der Waals surface area contributed by atoms with Crippen LogP contribution in [-0.4, -0.2) is 60.4 Å². The van der Waals surface area contributed by atoms with E-state index in [1.165, 1.54) is 12.8 Å². The molecule has 0 aromatic carbocycles. The molecule has 0 atom stereocenters. The van der Waals surface area contributed by atoms with E-state index < -0.39 is 0 Å². The first kappa shape index (κ1) is 14.3. The van der Waals surface area contributed by atoms with E-state index in [1.54, 1.807) is 0 Å². The molecule has 0 saturated carbocycles. The summed E-state index contributed by atoms with van der Waals surface area (Å²) in [5, 5.41) is 3.04. The molecule has 0 bridgehead atoms. The Balaban J connectivity index is 1.88. The highest BCUT2D eigenvalue weighted by Crippen LogP contribution is 2.24. The van der Waals surface area contributed by atoms with Crippen molar-refractivity contribution in [3.8, 4) is 0 Å². The standard InChI is InChI=1S/C14H24N6O/c1-14(2)10-20(8-9-21-14)13-17-11(15-3)16-12(18-13)19-6-4-5-7-19/h4-10H2,1-3H3,(H,15,16,17,18). The number of hydrogen-bond donors (Lipinski definition) is 1. The van der Waals surface area contributed by atoms with Gasteiger partial charge in [-0.2, -0.15) is 15.0 Å². The molecule has 0 aliphatic carbocycles. The number of nitrogens with zero attached hydrogens (tertiary/aromatic N) is 5. The summed E-state index contributed by atoms with van der Waals surface area (Å²) >= 11 is 0. The minimum Gasteiger partial charge on any atom is -0.372 e. The van der Waals surface area contributed by atoms with Crippen LogP contribution < -0.4 is 15.1 Å². The minimum atomic E-state index is -0.168. The van der Waals surface area contributed by atoms with Crippen molar-refractivity contribution in [2.45, 2.75) is 32.3 Å². The maximum atomic E-state index is 5.76. The summed E-state index contributed by atoms with van der Waals surface area (Å²) in [5.74, 6) is 2.16. The topological polar surface area (TPSA) is 66.4 Å². The summed E-state index contributed by atoms with van der Waals surface area (Å²) in [5.41, 5.74) is -0.168. The van der Waals surface area contributed by atoms with E-state index in [9.17, 15) is 0 Å². The highest BCUT2D eigenvalue weighted by atomic mass is 16.5. The number of ether oxygens (including phenoxy) is 1. The zero-order chi connectivity index (χ0) is 14.9. The molecule has 7 heteroatoms. The largest absolute Gasteiger partial charge is 0.372 e. The van der Waals surface area contributed by atoms with Crippen LogP contribution in [0.25, 0.3) is 0 Å². The monoisotopic (exact) mass is 292 g/mol. The Morgan fingerprint density at radius 2 is 1.67 bits per heavy atom. The zero-order valence-electron chi connectivity index (χ0n) is 13.1. The summed E-state index contributed by atoms with van der Waals surface area (Å²) < 4.78 is 5.76. The second kappa shape index (κ2) is 5.63. The van der Waals surface area contributed by atoms with Crippen molar-refractivity contribution in [2.75, 3.05) is 55.0 Å². The van der Waals surface area contributed by atoms with E-state index in [-0.39, 0.29) is 5.60 Å². The van der Waals surface area contributed by atoms with Crippen molar-refractivity contribution < 1.29 is 4.74 Å². The van der Waals surface area contributed by atoms with Crippen LogP contribution in [0.15, 0.2) is 0 Å². The highest BCUT2D eigenvalue weighted by molar-refractivity contribution is 5.46. The van der Waals surface area contributed by atoms with Gasteiger partial charge < -0.3 is 19.9 Å². The molecular formula is C14H24N6O. The lowest BCUT2D eigenvalue weighted by Gasteiger charge is -2.38. The number of hydrogen-bond acceptors (Lipinski definition) is 7. The second-order valence-electron chi connectivity index (χ2n) is 6.23. The van der Waals surface area contributed by atoms with Gasteiger partial charge in [-0.05, 0) is 26.7 Å². The van der Waals surface area contributed by atoms with Crippen molar-refractivity contribution in [3.63, 3.8) is 0 Å². The molecule has 21 heavy (non-hydrogen) atoms. The Kier molecular flexibility index (Phi) is 3.84. The summed E-state index contributed by atoms with van der Waals surface area (Å²) in [6, 6.07) is 0. The smallest absolute Gasteiger partial charge is 0.232 e. The van der Waals surface area contributed by atoms with Crippen LogP contribution in [0.1, 0.15) is 26.7 Å². The highest BCUT2D eigenvalue weighted by Gasteiger charge is 2.29. The average molecular weight is 292 g/mol. The van der Waals surface area contributed by atoms with Gasteiger partial charge in [0, 0.05) is 33.2 Å². The minimum absolute atomic E-state index is 0.168. The molecule has 2 saturated heterocycles. The van der Waals surface area contributed by atoms with E-state index in [2.05, 4.69) is 43.9 Å². The molecule has 2 aliphatic rings. The molecule has 7 nitrogen and oxygen atoms in total. The van der Waals surface area contributed by atoms with Gasteiger partial charge in [-0.3, -0.25) is 0 Å². The Labute approximate surface area is 125 Å². The van der Waals surface area contributed by atoms with Crippen molar-refractivity contribution in [1.29, 1.82) is 0 Å². The molecule has 1 aromatic heterocycles. The van der Waals surface area contributed by atoms with Gasteiger partial charge >= 0.3 is 0 Å². The molecule has 0 unspecified atom stereocenters. The van der Waals surface area contributed by atoms with Crippen LogP contribution in [-0.2, 0) is 4.74 Å². The van der Waals surface area contributed by atoms with Crippen molar-refractivity contribution in [3.05, 3.63) is 0 Å². The predicted octanol–water partition coefficient (Wildman–Crippen LogP) is 1.13. The number of aromatic nitrogens is 3. The molecule has 2 aliphatic heterocycles. The van der Waals surface area contributed by atoms with Gasteiger partial charge in [-0.15, -0.1) is 0 Å². The van der Waals surface area contributed by atoms with Crippen molar-refractivity contribution >= 4 is 17.8 Å². The Hall–Kier alpha value is -1.63. The van der Waals surface area contributed by atoms with Gasteiger partial charge in [0.15, 0.2) is 0 Å². The van der Waals surface area contributed by atoms with Crippen LogP contribution in [0.3, 0.4) is 0 Å². The molecule has 0 amide bonds. The molecule has 0 radical (unpaired) electrons. The molecular weight excluding hydrogens is 268 g/mol. The third-order valence-electron chi connectivity index (χ3n) is 3.93. The fourth-order valence-electron chi connectivity index (χ4n) is 2.85. The Morgan fingerprint density at radius 3 is 2.29 bits per heavy atom.